The van der Waals surface area contributed by atoms with Crippen molar-refractivity contribution in [3.63, 3.8) is 0 Å². The van der Waals surface area contributed by atoms with E-state index in [4.69, 9.17) is 18.9 Å². The summed E-state index contributed by atoms with van der Waals surface area (Å²) >= 11 is 0. The lowest BCUT2D eigenvalue weighted by Gasteiger charge is -2.53. The van der Waals surface area contributed by atoms with E-state index in [0.717, 1.165) is 44.9 Å². The molecule has 3 N–H and O–H groups in total. The van der Waals surface area contributed by atoms with Gasteiger partial charge in [-0.15, -0.1) is 0 Å². The summed E-state index contributed by atoms with van der Waals surface area (Å²) in [5, 5.41) is 38.0. The normalized spacial score (nSPS) is 37.2. The van der Waals surface area contributed by atoms with Crippen LogP contribution in [0.25, 0.3) is 0 Å². The van der Waals surface area contributed by atoms with Crippen LogP contribution < -0.4 is 0 Å². The van der Waals surface area contributed by atoms with Crippen molar-refractivity contribution in [1.82, 2.24) is 0 Å². The summed E-state index contributed by atoms with van der Waals surface area (Å²) in [5.74, 6) is -6.91. The molecule has 0 aromatic heterocycles. The van der Waals surface area contributed by atoms with Crippen LogP contribution in [0.5, 0.6) is 0 Å². The highest BCUT2D eigenvalue weighted by Crippen LogP contribution is 2.80. The Morgan fingerprint density at radius 3 is 2.22 bits per heavy atom. The number of epoxide rings is 1. The standard InChI is InChI=1S/C48H72O11/c1-10-13-14-15-16-17-18-19-20-21-22-23-24-25-26-27-35(49)56-29-45-40(58-45)36-37-44(8,9)48(37,59-42(52)31(5)12-3)39(57-41(51)30(4)11-2)33(7)46(36,54)34-28-32(6)38(50)47(34,55)43(45)53/h11,16-17,19-20,28,31,33-34,36-37,39-40,43,53-55H,10,12-15,18,21-27,29H2,1-9H3/b17-16-,20-19-,30-11+/t31-,33+,34-,36+,37+,39+,40-,43+,45-,46-,47+,48+/m0/s1. The fraction of sp³-hybridized carbons (Fsp3) is 0.750. The van der Waals surface area contributed by atoms with Crippen LogP contribution >= 0.6 is 0 Å². The minimum absolute atomic E-state index is 0.150. The maximum Gasteiger partial charge on any atom is 0.333 e. The molecule has 3 saturated carbocycles. The number of aliphatic hydroxyl groups is 3. The van der Waals surface area contributed by atoms with Crippen LogP contribution in [0.1, 0.15) is 146 Å². The van der Waals surface area contributed by atoms with Gasteiger partial charge in [0, 0.05) is 41.1 Å². The molecule has 0 spiro atoms. The maximum atomic E-state index is 14.0. The molecule has 4 aliphatic carbocycles. The van der Waals surface area contributed by atoms with Crippen molar-refractivity contribution in [1.29, 1.82) is 0 Å². The van der Waals surface area contributed by atoms with E-state index in [1.54, 1.807) is 33.8 Å². The molecule has 0 amide bonds. The minimum Gasteiger partial charge on any atom is -0.462 e. The van der Waals surface area contributed by atoms with E-state index in [9.17, 15) is 34.5 Å². The number of unbranched alkanes of at least 4 members (excludes halogenated alkanes) is 8. The molecule has 4 fully saturated rings. The molecule has 0 unspecified atom stereocenters. The number of hydrogen-bond donors (Lipinski definition) is 3. The molecule has 59 heavy (non-hydrogen) atoms. The SMILES string of the molecule is C/C=C(\C)C(=O)O[C@@H]1[C@@H](C)[C@@]2(O)[C@H]([C@@H]3C(C)(C)[C@]13OC(=O)[C@@H](C)CC)[C@@H]1O[C@]1(COC(=O)CCCCCCC/C=C\C/C=C\CCCCC)[C@@H](O)[C@]1(O)C(=O)C(C)=C[C@H]12. The number of esters is 3. The van der Waals surface area contributed by atoms with Crippen molar-refractivity contribution in [3.8, 4) is 0 Å². The molecule has 0 aromatic rings. The Morgan fingerprint density at radius 1 is 0.966 bits per heavy atom. The summed E-state index contributed by atoms with van der Waals surface area (Å²) in [6.07, 6.45) is 20.1. The summed E-state index contributed by atoms with van der Waals surface area (Å²) < 4.78 is 24.9. The van der Waals surface area contributed by atoms with Gasteiger partial charge < -0.3 is 34.3 Å². The van der Waals surface area contributed by atoms with Gasteiger partial charge in [-0.1, -0.05) is 110 Å². The average molecular weight is 825 g/mol. The minimum atomic E-state index is -2.55. The summed E-state index contributed by atoms with van der Waals surface area (Å²) in [6, 6.07) is 0. The number of carbonyl (C=O) groups is 4. The summed E-state index contributed by atoms with van der Waals surface area (Å²) in [6.45, 7) is 15.6. The van der Waals surface area contributed by atoms with Crippen LogP contribution in [0.4, 0.5) is 0 Å². The molecule has 0 aromatic carbocycles. The first-order valence-corrected chi connectivity index (χ1v) is 22.4. The fourth-order valence-corrected chi connectivity index (χ4v) is 10.8. The Kier molecular flexibility index (Phi) is 14.7. The molecule has 330 valence electrons. The first kappa shape index (κ1) is 46.9. The van der Waals surface area contributed by atoms with Crippen molar-refractivity contribution >= 4 is 23.7 Å². The number of ketones is 1. The number of rotatable bonds is 21. The summed E-state index contributed by atoms with van der Waals surface area (Å²) in [4.78, 5) is 54.3. The second-order valence-electron chi connectivity index (χ2n) is 18.7. The zero-order chi connectivity index (χ0) is 43.6. The molecule has 0 bridgehead atoms. The number of fused-ring (bicyclic) bond motifs is 7. The lowest BCUT2D eigenvalue weighted by molar-refractivity contribution is -0.245. The Hall–Kier alpha value is -3.12. The molecule has 1 aliphatic heterocycles. The number of carbonyl (C=O) groups excluding carboxylic acids is 4. The Morgan fingerprint density at radius 2 is 1.59 bits per heavy atom. The predicted molar refractivity (Wildman–Crippen MR) is 224 cm³/mol. The van der Waals surface area contributed by atoms with Gasteiger partial charge in [-0.2, -0.15) is 0 Å². The highest BCUT2D eigenvalue weighted by atomic mass is 16.7. The quantitative estimate of drug-likeness (QED) is 0.0260. The van der Waals surface area contributed by atoms with Crippen molar-refractivity contribution < 1.29 is 53.4 Å². The van der Waals surface area contributed by atoms with Gasteiger partial charge in [0.2, 0.25) is 0 Å². The largest absolute Gasteiger partial charge is 0.462 e. The van der Waals surface area contributed by atoms with E-state index in [0.29, 0.717) is 18.4 Å². The van der Waals surface area contributed by atoms with Crippen LogP contribution in [0.3, 0.4) is 0 Å². The molecule has 11 nitrogen and oxygen atoms in total. The zero-order valence-corrected chi connectivity index (χ0v) is 37.1. The second kappa shape index (κ2) is 18.5. The molecule has 1 heterocycles. The smallest absolute Gasteiger partial charge is 0.333 e. The second-order valence-corrected chi connectivity index (χ2v) is 18.7. The monoisotopic (exact) mass is 825 g/mol. The van der Waals surface area contributed by atoms with Crippen LogP contribution in [0.15, 0.2) is 47.6 Å². The van der Waals surface area contributed by atoms with Crippen molar-refractivity contribution in [2.75, 3.05) is 6.61 Å². The van der Waals surface area contributed by atoms with Gasteiger partial charge in [0.15, 0.2) is 22.6 Å². The molecule has 1 saturated heterocycles. The highest BCUT2D eigenvalue weighted by Gasteiger charge is 2.93. The Bertz CT molecular complexity index is 1690. The van der Waals surface area contributed by atoms with Gasteiger partial charge in [0.25, 0.3) is 0 Å². The summed E-state index contributed by atoms with van der Waals surface area (Å²) in [7, 11) is 0. The first-order chi connectivity index (χ1) is 27.9. The van der Waals surface area contributed by atoms with Crippen LogP contribution in [-0.4, -0.2) is 86.3 Å². The molecule has 5 rings (SSSR count). The molecule has 11 heteroatoms. The van der Waals surface area contributed by atoms with E-state index in [1.807, 2.05) is 20.8 Å². The van der Waals surface area contributed by atoms with Crippen molar-refractivity contribution in [2.24, 2.45) is 35.0 Å². The van der Waals surface area contributed by atoms with Gasteiger partial charge in [0.05, 0.1) is 17.6 Å². The van der Waals surface area contributed by atoms with Crippen molar-refractivity contribution in [2.45, 2.75) is 187 Å². The molecule has 0 radical (unpaired) electrons. The van der Waals surface area contributed by atoms with Gasteiger partial charge in [0.1, 0.15) is 18.8 Å². The number of ether oxygens (including phenoxy) is 4. The van der Waals surface area contributed by atoms with E-state index in [1.165, 1.54) is 32.3 Å². The molecular weight excluding hydrogens is 753 g/mol. The maximum absolute atomic E-state index is 14.0. The lowest BCUT2D eigenvalue weighted by atomic mass is 9.58. The lowest BCUT2D eigenvalue weighted by Crippen LogP contribution is -2.69. The highest BCUT2D eigenvalue weighted by molar-refractivity contribution is 6.05. The number of aliphatic hydroxyl groups excluding tert-OH is 1. The van der Waals surface area contributed by atoms with E-state index in [2.05, 4.69) is 31.2 Å². The predicted octanol–water partition coefficient (Wildman–Crippen LogP) is 7.59. The van der Waals surface area contributed by atoms with Gasteiger partial charge >= 0.3 is 17.9 Å². The number of allylic oxidation sites excluding steroid dienone is 5. The van der Waals surface area contributed by atoms with Crippen LogP contribution in [-0.2, 0) is 38.1 Å². The topological polar surface area (TPSA) is 169 Å². The number of hydrogen-bond acceptors (Lipinski definition) is 11. The molecular formula is C48H72O11. The summed E-state index contributed by atoms with van der Waals surface area (Å²) in [5.41, 5.74) is -8.16. The van der Waals surface area contributed by atoms with Gasteiger partial charge in [-0.25, -0.2) is 4.79 Å². The van der Waals surface area contributed by atoms with Crippen LogP contribution in [0, 0.1) is 35.0 Å². The molecule has 12 atom stereocenters. The van der Waals surface area contributed by atoms with E-state index >= 15 is 0 Å². The van der Waals surface area contributed by atoms with Gasteiger partial charge in [-0.05, 0) is 71.3 Å². The Labute approximate surface area is 352 Å². The van der Waals surface area contributed by atoms with E-state index in [-0.39, 0.29) is 12.0 Å². The van der Waals surface area contributed by atoms with Gasteiger partial charge in [-0.3, -0.25) is 14.4 Å². The number of Topliss-reactive ketones (excluding diaryl/α,β-unsaturated/α-hetero) is 1. The third-order valence-electron chi connectivity index (χ3n) is 14.8. The van der Waals surface area contributed by atoms with Crippen LogP contribution in [0.2, 0.25) is 0 Å². The fourth-order valence-electron chi connectivity index (χ4n) is 10.8. The average Bonchev–Trinajstić information content (AvgIpc) is 4.03. The third-order valence-corrected chi connectivity index (χ3v) is 14.8. The third kappa shape index (κ3) is 8.19. The first-order valence-electron chi connectivity index (χ1n) is 22.4. The Balaban J connectivity index is 1.31. The van der Waals surface area contributed by atoms with Crippen molar-refractivity contribution in [3.05, 3.63) is 47.6 Å². The zero-order valence-electron chi connectivity index (χ0n) is 37.1. The van der Waals surface area contributed by atoms with E-state index < -0.39 is 106 Å². The molecule has 5 aliphatic rings.